The third kappa shape index (κ3) is 3.19. The van der Waals surface area contributed by atoms with Gasteiger partial charge in [-0.15, -0.1) is 0 Å². The molecular formula is C12H16N2O4. The van der Waals surface area contributed by atoms with Gasteiger partial charge in [-0.3, -0.25) is 14.9 Å². The minimum absolute atomic E-state index is 0.0877. The summed E-state index contributed by atoms with van der Waals surface area (Å²) in [7, 11) is 1.44. The molecule has 0 radical (unpaired) electrons. The number of methoxy groups -OCH3 is 1. The fourth-order valence-electron chi connectivity index (χ4n) is 1.35. The Balaban J connectivity index is 3.01. The molecule has 6 nitrogen and oxygen atoms in total. The van der Waals surface area contributed by atoms with Crippen molar-refractivity contribution in [2.45, 2.75) is 20.3 Å². The van der Waals surface area contributed by atoms with Crippen molar-refractivity contribution in [2.75, 3.05) is 12.4 Å². The van der Waals surface area contributed by atoms with Crippen LogP contribution in [0.3, 0.4) is 0 Å². The Morgan fingerprint density at radius 3 is 2.72 bits per heavy atom. The van der Waals surface area contributed by atoms with E-state index in [1.807, 2.05) is 6.92 Å². The van der Waals surface area contributed by atoms with Crippen LogP contribution in [0.4, 0.5) is 11.4 Å². The number of ether oxygens (including phenoxy) is 1. The average molecular weight is 252 g/mol. The van der Waals surface area contributed by atoms with Crippen LogP contribution >= 0.6 is 0 Å². The molecule has 1 N–H and O–H groups in total. The number of hydrogen-bond donors (Lipinski definition) is 1. The van der Waals surface area contributed by atoms with Crippen LogP contribution in [-0.4, -0.2) is 17.9 Å². The van der Waals surface area contributed by atoms with Gasteiger partial charge in [0.2, 0.25) is 5.91 Å². The van der Waals surface area contributed by atoms with Crippen LogP contribution in [0.25, 0.3) is 0 Å². The molecule has 1 aromatic rings. The predicted molar refractivity (Wildman–Crippen MR) is 67.7 cm³/mol. The summed E-state index contributed by atoms with van der Waals surface area (Å²) in [5.74, 6) is 0.0579. The van der Waals surface area contributed by atoms with Crippen molar-refractivity contribution >= 4 is 17.3 Å². The zero-order valence-corrected chi connectivity index (χ0v) is 10.6. The van der Waals surface area contributed by atoms with Crippen molar-refractivity contribution in [1.29, 1.82) is 0 Å². The molecule has 1 amide bonds. The van der Waals surface area contributed by atoms with Gasteiger partial charge in [0.15, 0.2) is 0 Å². The number of nitro benzene ring substituents is 1. The summed E-state index contributed by atoms with van der Waals surface area (Å²) < 4.78 is 5.06. The van der Waals surface area contributed by atoms with E-state index in [1.54, 1.807) is 6.92 Å². The summed E-state index contributed by atoms with van der Waals surface area (Å²) in [4.78, 5) is 21.9. The zero-order chi connectivity index (χ0) is 13.7. The molecule has 6 heteroatoms. The van der Waals surface area contributed by atoms with Crippen molar-refractivity contribution in [2.24, 2.45) is 5.92 Å². The van der Waals surface area contributed by atoms with Crippen LogP contribution in [0.1, 0.15) is 20.3 Å². The Hall–Kier alpha value is -2.11. The van der Waals surface area contributed by atoms with Crippen LogP contribution in [0, 0.1) is 16.0 Å². The maximum absolute atomic E-state index is 11.8. The first-order valence-electron chi connectivity index (χ1n) is 5.62. The summed E-state index contributed by atoms with van der Waals surface area (Å²) in [5, 5.41) is 13.3. The van der Waals surface area contributed by atoms with E-state index in [2.05, 4.69) is 5.32 Å². The SMILES string of the molecule is CC[C@@H](C)C(=O)Nc1cc([N+](=O)[O-])ccc1OC. The maximum Gasteiger partial charge on any atom is 0.271 e. The molecule has 0 heterocycles. The van der Waals surface area contributed by atoms with Crippen molar-refractivity contribution in [3.8, 4) is 5.75 Å². The molecule has 0 aliphatic carbocycles. The summed E-state index contributed by atoms with van der Waals surface area (Å²) >= 11 is 0. The van der Waals surface area contributed by atoms with Crippen molar-refractivity contribution < 1.29 is 14.5 Å². The van der Waals surface area contributed by atoms with Gasteiger partial charge in [0.05, 0.1) is 17.7 Å². The average Bonchev–Trinajstić information content (AvgIpc) is 2.37. The quantitative estimate of drug-likeness (QED) is 0.645. The number of anilines is 1. The van der Waals surface area contributed by atoms with Gasteiger partial charge in [-0.25, -0.2) is 0 Å². The second-order valence-electron chi connectivity index (χ2n) is 3.94. The van der Waals surface area contributed by atoms with Crippen LogP contribution < -0.4 is 10.1 Å². The number of non-ortho nitro benzene ring substituents is 1. The number of nitro groups is 1. The molecule has 1 atom stereocenters. The van der Waals surface area contributed by atoms with Gasteiger partial charge >= 0.3 is 0 Å². The Kier molecular flexibility index (Phi) is 4.65. The van der Waals surface area contributed by atoms with Crippen molar-refractivity contribution in [3.05, 3.63) is 28.3 Å². The van der Waals surface area contributed by atoms with Gasteiger partial charge in [0.1, 0.15) is 5.75 Å². The van der Waals surface area contributed by atoms with Crippen LogP contribution in [0.5, 0.6) is 5.75 Å². The Morgan fingerprint density at radius 1 is 1.56 bits per heavy atom. The molecule has 18 heavy (non-hydrogen) atoms. The topological polar surface area (TPSA) is 81.5 Å². The lowest BCUT2D eigenvalue weighted by molar-refractivity contribution is -0.384. The molecule has 0 aliphatic heterocycles. The number of carbonyl (C=O) groups excluding carboxylic acids is 1. The van der Waals surface area contributed by atoms with Crippen LogP contribution in [-0.2, 0) is 4.79 Å². The maximum atomic E-state index is 11.8. The van der Waals surface area contributed by atoms with Crippen LogP contribution in [0.15, 0.2) is 18.2 Å². The number of benzene rings is 1. The van der Waals surface area contributed by atoms with E-state index < -0.39 is 4.92 Å². The number of nitrogens with zero attached hydrogens (tertiary/aromatic N) is 1. The highest BCUT2D eigenvalue weighted by Gasteiger charge is 2.16. The van der Waals surface area contributed by atoms with E-state index in [1.165, 1.54) is 25.3 Å². The van der Waals surface area contributed by atoms with Gasteiger partial charge in [-0.1, -0.05) is 13.8 Å². The van der Waals surface area contributed by atoms with E-state index in [9.17, 15) is 14.9 Å². The smallest absolute Gasteiger partial charge is 0.271 e. The first-order chi connectivity index (χ1) is 8.49. The van der Waals surface area contributed by atoms with E-state index in [0.717, 1.165) is 0 Å². The predicted octanol–water partition coefficient (Wildman–Crippen LogP) is 2.59. The monoisotopic (exact) mass is 252 g/mol. The Labute approximate surface area is 105 Å². The number of hydrogen-bond acceptors (Lipinski definition) is 4. The van der Waals surface area contributed by atoms with E-state index in [-0.39, 0.29) is 17.5 Å². The summed E-state index contributed by atoms with van der Waals surface area (Å²) in [5.41, 5.74) is 0.229. The van der Waals surface area contributed by atoms with Gasteiger partial charge in [-0.2, -0.15) is 0 Å². The number of nitrogens with one attached hydrogen (secondary N) is 1. The first-order valence-corrected chi connectivity index (χ1v) is 5.62. The summed E-state index contributed by atoms with van der Waals surface area (Å²) in [6.07, 6.45) is 0.697. The lowest BCUT2D eigenvalue weighted by atomic mass is 10.1. The molecule has 0 spiro atoms. The van der Waals surface area contributed by atoms with Gasteiger partial charge in [0, 0.05) is 18.1 Å². The molecule has 1 rings (SSSR count). The molecule has 1 aromatic carbocycles. The minimum Gasteiger partial charge on any atom is -0.495 e. The number of rotatable bonds is 5. The van der Waals surface area contributed by atoms with Gasteiger partial charge < -0.3 is 10.1 Å². The molecular weight excluding hydrogens is 236 g/mol. The Bertz CT molecular complexity index is 459. The fraction of sp³-hybridized carbons (Fsp3) is 0.417. The Morgan fingerprint density at radius 2 is 2.22 bits per heavy atom. The zero-order valence-electron chi connectivity index (χ0n) is 10.6. The first kappa shape index (κ1) is 14.0. The van der Waals surface area contributed by atoms with E-state index in [4.69, 9.17) is 4.74 Å². The molecule has 0 saturated carbocycles. The third-order valence-electron chi connectivity index (χ3n) is 2.71. The molecule has 0 aliphatic rings. The number of carbonyl (C=O) groups is 1. The lowest BCUT2D eigenvalue weighted by Crippen LogP contribution is -2.20. The third-order valence-corrected chi connectivity index (χ3v) is 2.71. The highest BCUT2D eigenvalue weighted by Crippen LogP contribution is 2.29. The second kappa shape index (κ2) is 6.00. The molecule has 0 bridgehead atoms. The van der Waals surface area contributed by atoms with E-state index >= 15 is 0 Å². The highest BCUT2D eigenvalue weighted by atomic mass is 16.6. The van der Waals surface area contributed by atoms with Gasteiger partial charge in [0.25, 0.3) is 5.69 Å². The lowest BCUT2D eigenvalue weighted by Gasteiger charge is -2.12. The van der Waals surface area contributed by atoms with E-state index in [0.29, 0.717) is 17.9 Å². The standard InChI is InChI=1S/C12H16N2O4/c1-4-8(2)12(15)13-10-7-9(14(16)17)5-6-11(10)18-3/h5-8H,4H2,1-3H3,(H,13,15)/t8-/m1/s1. The second-order valence-corrected chi connectivity index (χ2v) is 3.94. The van der Waals surface area contributed by atoms with Gasteiger partial charge in [-0.05, 0) is 12.5 Å². The highest BCUT2D eigenvalue weighted by molar-refractivity contribution is 5.94. The summed E-state index contributed by atoms with van der Waals surface area (Å²) in [6.45, 7) is 3.69. The largest absolute Gasteiger partial charge is 0.495 e. The molecule has 0 aromatic heterocycles. The minimum atomic E-state index is -0.516. The van der Waals surface area contributed by atoms with Crippen molar-refractivity contribution in [3.63, 3.8) is 0 Å². The molecule has 0 unspecified atom stereocenters. The molecule has 0 saturated heterocycles. The summed E-state index contributed by atoms with van der Waals surface area (Å²) in [6, 6.07) is 4.08. The number of amides is 1. The van der Waals surface area contributed by atoms with Crippen LogP contribution in [0.2, 0.25) is 0 Å². The molecule has 0 fully saturated rings. The fourth-order valence-corrected chi connectivity index (χ4v) is 1.35. The molecule has 98 valence electrons. The van der Waals surface area contributed by atoms with Crippen molar-refractivity contribution in [1.82, 2.24) is 0 Å². The normalized spacial score (nSPS) is 11.7.